The number of fused-ring (bicyclic) bond motifs is 3. The second kappa shape index (κ2) is 13.7. The van der Waals surface area contributed by atoms with Crippen molar-refractivity contribution in [1.29, 1.82) is 0 Å². The Morgan fingerprint density at radius 3 is 2.19 bits per heavy atom. The second-order valence-corrected chi connectivity index (χ2v) is 11.5. The van der Waals surface area contributed by atoms with E-state index >= 15 is 0 Å². The molecule has 0 bridgehead atoms. The van der Waals surface area contributed by atoms with Crippen LogP contribution >= 0.6 is 0 Å². The van der Waals surface area contributed by atoms with Crippen LogP contribution in [0.2, 0.25) is 0 Å². The first-order chi connectivity index (χ1) is 20.4. The van der Waals surface area contributed by atoms with Crippen LogP contribution in [0.1, 0.15) is 54.7 Å². The number of likely N-dealkylation sites (N-methyl/N-ethyl adjacent to an activating group) is 1. The normalized spacial score (nSPS) is 18.5. The zero-order valence-corrected chi connectivity index (χ0v) is 24.0. The topological polar surface area (TPSA) is 108 Å². The van der Waals surface area contributed by atoms with Gasteiger partial charge in [-0.2, -0.15) is 0 Å². The van der Waals surface area contributed by atoms with E-state index in [4.69, 9.17) is 4.74 Å². The number of amides is 2. The molecule has 1 saturated carbocycles. The number of aliphatic carboxylic acids is 1. The summed E-state index contributed by atoms with van der Waals surface area (Å²) >= 11 is 0. The van der Waals surface area contributed by atoms with Crippen LogP contribution in [0.25, 0.3) is 11.1 Å². The molecule has 1 unspecified atom stereocenters. The predicted molar refractivity (Wildman–Crippen MR) is 161 cm³/mol. The van der Waals surface area contributed by atoms with Crippen molar-refractivity contribution in [3.63, 3.8) is 0 Å². The van der Waals surface area contributed by atoms with Gasteiger partial charge in [-0.25, -0.2) is 9.59 Å². The number of carbonyl (C=O) groups is 3. The summed E-state index contributed by atoms with van der Waals surface area (Å²) in [5.74, 6) is -1.50. The zero-order chi connectivity index (χ0) is 29.5. The molecule has 0 saturated heterocycles. The molecule has 2 aliphatic carbocycles. The summed E-state index contributed by atoms with van der Waals surface area (Å²) < 4.78 is 5.75. The molecule has 0 radical (unpaired) electrons. The Morgan fingerprint density at radius 2 is 1.52 bits per heavy atom. The molecule has 3 atom stereocenters. The summed E-state index contributed by atoms with van der Waals surface area (Å²) in [5.41, 5.74) is 5.72. The van der Waals surface area contributed by atoms with Crippen molar-refractivity contribution in [2.24, 2.45) is 5.92 Å². The number of benzene rings is 3. The Kier molecular flexibility index (Phi) is 9.54. The summed E-state index contributed by atoms with van der Waals surface area (Å²) in [4.78, 5) is 39.8. The molecule has 3 aromatic rings. The van der Waals surface area contributed by atoms with E-state index in [0.717, 1.165) is 42.4 Å². The highest BCUT2D eigenvalue weighted by Crippen LogP contribution is 2.44. The van der Waals surface area contributed by atoms with Crippen LogP contribution in [0.15, 0.2) is 78.9 Å². The number of carboxylic acid groups (broad SMARTS) is 1. The lowest BCUT2D eigenvalue weighted by atomic mass is 9.82. The quantitative estimate of drug-likeness (QED) is 0.294. The molecule has 2 amide bonds. The van der Waals surface area contributed by atoms with Gasteiger partial charge in [-0.15, -0.1) is 0 Å². The fourth-order valence-electron chi connectivity index (χ4n) is 6.38. The molecule has 3 N–H and O–H groups in total. The van der Waals surface area contributed by atoms with Gasteiger partial charge in [0.2, 0.25) is 5.91 Å². The number of alkyl carbamates (subject to hydrolysis) is 1. The van der Waals surface area contributed by atoms with Crippen LogP contribution in [-0.4, -0.2) is 60.3 Å². The SMILES string of the molecule is CN(Cc1ccccc1)CC(NC(=O)C[C@@H]1CCCC[C@@H]1NC(=O)OCC1c2ccccc2-c2ccccc21)C(=O)O. The monoisotopic (exact) mass is 569 g/mol. The van der Waals surface area contributed by atoms with E-state index in [0.29, 0.717) is 6.54 Å². The minimum Gasteiger partial charge on any atom is -0.480 e. The summed E-state index contributed by atoms with van der Waals surface area (Å²) in [7, 11) is 1.84. The Labute approximate surface area is 247 Å². The molecule has 0 spiro atoms. The third-order valence-electron chi connectivity index (χ3n) is 8.43. The van der Waals surface area contributed by atoms with E-state index in [2.05, 4.69) is 34.9 Å². The third kappa shape index (κ3) is 7.18. The standard InChI is InChI=1S/C34H39N3O5/c1-37(20-23-11-3-2-4-12-23)21-31(33(39)40)35-32(38)19-24-13-5-10-18-30(24)36-34(41)42-22-29-27-16-8-6-14-25(27)26-15-7-9-17-28(26)29/h2-4,6-9,11-12,14-17,24,29-31H,5,10,13,18-22H2,1H3,(H,35,38)(H,36,41)(H,39,40)/t24-,30-,31?/m0/s1. The molecule has 220 valence electrons. The molecular weight excluding hydrogens is 530 g/mol. The maximum atomic E-state index is 13.0. The molecule has 5 rings (SSSR count). The molecule has 42 heavy (non-hydrogen) atoms. The van der Waals surface area contributed by atoms with E-state index in [1.54, 1.807) is 0 Å². The molecule has 3 aromatic carbocycles. The smallest absolute Gasteiger partial charge is 0.407 e. The molecule has 0 aromatic heterocycles. The number of nitrogens with zero attached hydrogens (tertiary/aromatic N) is 1. The molecule has 2 aliphatic rings. The van der Waals surface area contributed by atoms with Crippen LogP contribution in [-0.2, 0) is 20.9 Å². The molecule has 8 heteroatoms. The van der Waals surface area contributed by atoms with E-state index in [9.17, 15) is 19.5 Å². The highest BCUT2D eigenvalue weighted by atomic mass is 16.5. The minimum absolute atomic E-state index is 0.0240. The number of ether oxygens (including phenoxy) is 1. The van der Waals surface area contributed by atoms with Gasteiger partial charge >= 0.3 is 12.1 Å². The lowest BCUT2D eigenvalue weighted by Gasteiger charge is -2.32. The van der Waals surface area contributed by atoms with Crippen LogP contribution in [0.4, 0.5) is 4.79 Å². The molecule has 0 heterocycles. The van der Waals surface area contributed by atoms with Crippen molar-refractivity contribution in [1.82, 2.24) is 15.5 Å². The van der Waals surface area contributed by atoms with Gasteiger partial charge in [0.25, 0.3) is 0 Å². The van der Waals surface area contributed by atoms with Crippen molar-refractivity contribution < 1.29 is 24.2 Å². The number of rotatable bonds is 11. The lowest BCUT2D eigenvalue weighted by molar-refractivity contribution is -0.142. The van der Waals surface area contributed by atoms with E-state index < -0.39 is 18.1 Å². The van der Waals surface area contributed by atoms with Crippen LogP contribution in [0, 0.1) is 5.92 Å². The summed E-state index contributed by atoms with van der Waals surface area (Å²) in [6.45, 7) is 0.992. The average Bonchev–Trinajstić information content (AvgIpc) is 3.31. The van der Waals surface area contributed by atoms with Crippen molar-refractivity contribution in [2.75, 3.05) is 20.2 Å². The van der Waals surface area contributed by atoms with Gasteiger partial charge in [0.1, 0.15) is 12.6 Å². The highest BCUT2D eigenvalue weighted by molar-refractivity contribution is 5.84. The van der Waals surface area contributed by atoms with Gasteiger partial charge < -0.3 is 20.5 Å². The first kappa shape index (κ1) is 29.3. The van der Waals surface area contributed by atoms with Crippen LogP contribution in [0.3, 0.4) is 0 Å². The number of carboxylic acids is 1. The maximum Gasteiger partial charge on any atom is 0.407 e. The van der Waals surface area contributed by atoms with Gasteiger partial charge in [-0.05, 0) is 53.6 Å². The summed E-state index contributed by atoms with van der Waals surface area (Å²) in [6, 6.07) is 25.0. The minimum atomic E-state index is -1.07. The summed E-state index contributed by atoms with van der Waals surface area (Å²) in [6.07, 6.45) is 3.12. The maximum absolute atomic E-state index is 13.0. The zero-order valence-electron chi connectivity index (χ0n) is 24.0. The largest absolute Gasteiger partial charge is 0.480 e. The Hall–Kier alpha value is -4.17. The molecular formula is C34H39N3O5. The predicted octanol–water partition coefficient (Wildman–Crippen LogP) is 5.18. The fourth-order valence-corrected chi connectivity index (χ4v) is 6.38. The number of hydrogen-bond donors (Lipinski definition) is 3. The highest BCUT2D eigenvalue weighted by Gasteiger charge is 2.32. The molecule has 0 aliphatic heterocycles. The van der Waals surface area contributed by atoms with Gasteiger partial charge in [0.05, 0.1) is 0 Å². The Morgan fingerprint density at radius 1 is 0.905 bits per heavy atom. The van der Waals surface area contributed by atoms with E-state index in [1.807, 2.05) is 66.5 Å². The average molecular weight is 570 g/mol. The first-order valence-electron chi connectivity index (χ1n) is 14.7. The van der Waals surface area contributed by atoms with Crippen molar-refractivity contribution in [3.05, 3.63) is 95.6 Å². The number of hydrogen-bond acceptors (Lipinski definition) is 5. The fraction of sp³-hybridized carbons (Fsp3) is 0.382. The van der Waals surface area contributed by atoms with Gasteiger partial charge in [-0.1, -0.05) is 91.7 Å². The molecule has 1 fully saturated rings. The molecule has 8 nitrogen and oxygen atoms in total. The van der Waals surface area contributed by atoms with Crippen molar-refractivity contribution in [3.8, 4) is 11.1 Å². The van der Waals surface area contributed by atoms with Gasteiger partial charge in [0.15, 0.2) is 0 Å². The second-order valence-electron chi connectivity index (χ2n) is 11.5. The van der Waals surface area contributed by atoms with Crippen molar-refractivity contribution >= 4 is 18.0 Å². The van der Waals surface area contributed by atoms with Gasteiger partial charge in [0, 0.05) is 31.5 Å². The van der Waals surface area contributed by atoms with E-state index in [-0.39, 0.29) is 43.4 Å². The van der Waals surface area contributed by atoms with Gasteiger partial charge in [-0.3, -0.25) is 9.69 Å². The van der Waals surface area contributed by atoms with Crippen LogP contribution in [0.5, 0.6) is 0 Å². The van der Waals surface area contributed by atoms with Crippen molar-refractivity contribution in [2.45, 2.75) is 56.7 Å². The number of nitrogens with one attached hydrogen (secondary N) is 2. The Balaban J connectivity index is 1.14. The summed E-state index contributed by atoms with van der Waals surface area (Å²) in [5, 5.41) is 15.5. The number of carbonyl (C=O) groups excluding carboxylic acids is 2. The van der Waals surface area contributed by atoms with Crippen LogP contribution < -0.4 is 10.6 Å². The Bertz CT molecular complexity index is 1350. The third-order valence-corrected chi connectivity index (χ3v) is 8.43. The first-order valence-corrected chi connectivity index (χ1v) is 14.7. The lowest BCUT2D eigenvalue weighted by Crippen LogP contribution is -2.49. The van der Waals surface area contributed by atoms with E-state index in [1.165, 1.54) is 11.1 Å².